The lowest BCUT2D eigenvalue weighted by Crippen LogP contribution is -2.52. The van der Waals surface area contributed by atoms with Crippen molar-refractivity contribution in [2.45, 2.75) is 50.5 Å². The molecule has 2 atom stereocenters. The van der Waals surface area contributed by atoms with Gasteiger partial charge in [-0.15, -0.1) is 0 Å². The van der Waals surface area contributed by atoms with Crippen LogP contribution in [-0.2, 0) is 14.3 Å². The number of carbonyl (C=O) groups is 2. The summed E-state index contributed by atoms with van der Waals surface area (Å²) in [5, 5.41) is 0. The van der Waals surface area contributed by atoms with Crippen molar-refractivity contribution in [1.29, 1.82) is 0 Å². The van der Waals surface area contributed by atoms with E-state index in [-0.39, 0.29) is 30.4 Å². The zero-order valence-electron chi connectivity index (χ0n) is 16.0. The van der Waals surface area contributed by atoms with E-state index in [0.29, 0.717) is 32.1 Å². The lowest BCUT2D eigenvalue weighted by molar-refractivity contribution is -0.144. The fraction of sp³-hybridized carbons (Fsp3) is 0.636. The van der Waals surface area contributed by atoms with Gasteiger partial charge in [0.15, 0.2) is 0 Å². The topological polar surface area (TPSA) is 49.9 Å². The molecule has 1 saturated heterocycles. The highest BCUT2D eigenvalue weighted by Crippen LogP contribution is 2.48. The van der Waals surface area contributed by atoms with E-state index in [1.165, 1.54) is 24.8 Å². The van der Waals surface area contributed by atoms with Gasteiger partial charge in [0.25, 0.3) is 0 Å². The summed E-state index contributed by atoms with van der Waals surface area (Å²) < 4.78 is 5.81. The minimum absolute atomic E-state index is 0.0706. The molecule has 0 radical (unpaired) electrons. The number of amides is 2. The molecule has 3 aliphatic rings. The standard InChI is InChI=1S/C22H30N2O3/c25-21(16-27-18-9-5-2-6-10-18)23-11-13-24(14-12-23)22(26)20-15-19(20)17-7-3-1-4-8-17/h1,3-4,7-8,18-20H,2,5-6,9-16H2. The Kier molecular flexibility index (Phi) is 5.77. The van der Waals surface area contributed by atoms with Crippen LogP contribution in [0.25, 0.3) is 0 Å². The van der Waals surface area contributed by atoms with Crippen LogP contribution in [-0.4, -0.2) is 60.5 Å². The maximum absolute atomic E-state index is 12.8. The van der Waals surface area contributed by atoms with E-state index < -0.39 is 0 Å². The highest BCUT2D eigenvalue weighted by molar-refractivity contribution is 5.83. The van der Waals surface area contributed by atoms with E-state index in [1.807, 2.05) is 28.0 Å². The van der Waals surface area contributed by atoms with Crippen molar-refractivity contribution in [3.63, 3.8) is 0 Å². The SMILES string of the molecule is O=C(COC1CCCCC1)N1CCN(C(=O)C2CC2c2ccccc2)CC1. The normalized spacial score (nSPS) is 26.1. The fourth-order valence-corrected chi connectivity index (χ4v) is 4.46. The summed E-state index contributed by atoms with van der Waals surface area (Å²) in [6.07, 6.45) is 7.09. The second-order valence-electron chi connectivity index (χ2n) is 8.14. The summed E-state index contributed by atoms with van der Waals surface area (Å²) in [4.78, 5) is 28.9. The third-order valence-corrected chi connectivity index (χ3v) is 6.27. The Bertz CT molecular complexity index is 649. The molecule has 2 unspecified atom stereocenters. The van der Waals surface area contributed by atoms with Crippen LogP contribution >= 0.6 is 0 Å². The average molecular weight is 370 g/mol. The summed E-state index contributed by atoms with van der Waals surface area (Å²) in [6, 6.07) is 10.3. The van der Waals surface area contributed by atoms with Crippen molar-refractivity contribution in [1.82, 2.24) is 9.80 Å². The summed E-state index contributed by atoms with van der Waals surface area (Å²) >= 11 is 0. The third kappa shape index (κ3) is 4.52. The molecule has 27 heavy (non-hydrogen) atoms. The lowest BCUT2D eigenvalue weighted by Gasteiger charge is -2.35. The number of nitrogens with zero attached hydrogens (tertiary/aromatic N) is 2. The molecule has 1 heterocycles. The zero-order chi connectivity index (χ0) is 18.6. The molecule has 2 saturated carbocycles. The molecule has 2 amide bonds. The number of hydrogen-bond donors (Lipinski definition) is 0. The highest BCUT2D eigenvalue weighted by atomic mass is 16.5. The Morgan fingerprint density at radius 2 is 1.59 bits per heavy atom. The van der Waals surface area contributed by atoms with Gasteiger partial charge in [-0.25, -0.2) is 0 Å². The summed E-state index contributed by atoms with van der Waals surface area (Å²) in [5.41, 5.74) is 1.27. The predicted octanol–water partition coefficient (Wildman–Crippen LogP) is 2.81. The van der Waals surface area contributed by atoms with Crippen molar-refractivity contribution in [2.75, 3.05) is 32.8 Å². The van der Waals surface area contributed by atoms with Crippen LogP contribution in [0.3, 0.4) is 0 Å². The number of hydrogen-bond acceptors (Lipinski definition) is 3. The Hall–Kier alpha value is -1.88. The van der Waals surface area contributed by atoms with Crippen molar-refractivity contribution in [2.24, 2.45) is 5.92 Å². The van der Waals surface area contributed by atoms with Crippen LogP contribution in [0.5, 0.6) is 0 Å². The Morgan fingerprint density at radius 1 is 0.926 bits per heavy atom. The molecule has 0 aromatic heterocycles. The Labute approximate surface area is 161 Å². The van der Waals surface area contributed by atoms with E-state index in [0.717, 1.165) is 19.3 Å². The van der Waals surface area contributed by atoms with Crippen LogP contribution in [0.4, 0.5) is 0 Å². The Balaban J connectivity index is 1.20. The first-order valence-electron chi connectivity index (χ1n) is 10.5. The second kappa shape index (κ2) is 8.42. The van der Waals surface area contributed by atoms with Gasteiger partial charge in [0.05, 0.1) is 6.10 Å². The maximum Gasteiger partial charge on any atom is 0.248 e. The summed E-state index contributed by atoms with van der Waals surface area (Å²) in [6.45, 7) is 2.73. The second-order valence-corrected chi connectivity index (χ2v) is 8.14. The first-order chi connectivity index (χ1) is 13.2. The summed E-state index contributed by atoms with van der Waals surface area (Å²) in [5.74, 6) is 0.835. The van der Waals surface area contributed by atoms with Gasteiger partial charge in [-0.2, -0.15) is 0 Å². The van der Waals surface area contributed by atoms with Crippen molar-refractivity contribution in [3.8, 4) is 0 Å². The molecule has 4 rings (SSSR count). The molecule has 1 aliphatic heterocycles. The van der Waals surface area contributed by atoms with Gasteiger partial charge in [0.1, 0.15) is 6.61 Å². The van der Waals surface area contributed by atoms with E-state index >= 15 is 0 Å². The van der Waals surface area contributed by atoms with Crippen molar-refractivity contribution < 1.29 is 14.3 Å². The molecule has 2 aliphatic carbocycles. The molecular weight excluding hydrogens is 340 g/mol. The van der Waals surface area contributed by atoms with Gasteiger partial charge in [-0.05, 0) is 30.7 Å². The number of ether oxygens (including phenoxy) is 1. The number of benzene rings is 1. The van der Waals surface area contributed by atoms with Gasteiger partial charge in [-0.3, -0.25) is 9.59 Å². The molecule has 0 bridgehead atoms. The average Bonchev–Trinajstić information content (AvgIpc) is 3.54. The minimum Gasteiger partial charge on any atom is -0.368 e. The van der Waals surface area contributed by atoms with Crippen LogP contribution < -0.4 is 0 Å². The molecule has 0 N–H and O–H groups in total. The smallest absolute Gasteiger partial charge is 0.248 e. The number of carbonyl (C=O) groups excluding carboxylic acids is 2. The molecule has 1 aromatic rings. The maximum atomic E-state index is 12.8. The van der Waals surface area contributed by atoms with Gasteiger partial charge in [0, 0.05) is 32.1 Å². The fourth-order valence-electron chi connectivity index (χ4n) is 4.46. The van der Waals surface area contributed by atoms with Gasteiger partial charge < -0.3 is 14.5 Å². The predicted molar refractivity (Wildman–Crippen MR) is 103 cm³/mol. The number of rotatable bonds is 5. The molecule has 5 nitrogen and oxygen atoms in total. The zero-order valence-corrected chi connectivity index (χ0v) is 16.0. The first-order valence-corrected chi connectivity index (χ1v) is 10.5. The molecule has 146 valence electrons. The highest BCUT2D eigenvalue weighted by Gasteiger charge is 2.46. The quantitative estimate of drug-likeness (QED) is 0.801. The first kappa shape index (κ1) is 18.5. The molecule has 5 heteroatoms. The van der Waals surface area contributed by atoms with Crippen LogP contribution in [0.1, 0.15) is 50.0 Å². The van der Waals surface area contributed by atoms with Gasteiger partial charge in [0.2, 0.25) is 11.8 Å². The lowest BCUT2D eigenvalue weighted by atomic mass is 9.98. The van der Waals surface area contributed by atoms with Gasteiger partial charge in [-0.1, -0.05) is 49.6 Å². The van der Waals surface area contributed by atoms with E-state index in [2.05, 4.69) is 12.1 Å². The van der Waals surface area contributed by atoms with Crippen molar-refractivity contribution >= 4 is 11.8 Å². The molecule has 0 spiro atoms. The van der Waals surface area contributed by atoms with Crippen LogP contribution in [0.2, 0.25) is 0 Å². The minimum atomic E-state index is 0.0706. The van der Waals surface area contributed by atoms with E-state index in [4.69, 9.17) is 4.74 Å². The largest absolute Gasteiger partial charge is 0.368 e. The van der Waals surface area contributed by atoms with E-state index in [9.17, 15) is 9.59 Å². The molecular formula is C22H30N2O3. The Morgan fingerprint density at radius 3 is 2.30 bits per heavy atom. The summed E-state index contributed by atoms with van der Waals surface area (Å²) in [7, 11) is 0. The third-order valence-electron chi connectivity index (χ3n) is 6.27. The number of piperazine rings is 1. The van der Waals surface area contributed by atoms with E-state index in [1.54, 1.807) is 0 Å². The van der Waals surface area contributed by atoms with Gasteiger partial charge >= 0.3 is 0 Å². The molecule has 3 fully saturated rings. The van der Waals surface area contributed by atoms with Crippen molar-refractivity contribution in [3.05, 3.63) is 35.9 Å². The van der Waals surface area contributed by atoms with Crippen LogP contribution in [0.15, 0.2) is 30.3 Å². The van der Waals surface area contributed by atoms with Crippen LogP contribution in [0, 0.1) is 5.92 Å². The monoisotopic (exact) mass is 370 g/mol. The molecule has 1 aromatic carbocycles.